The van der Waals surface area contributed by atoms with Crippen LogP contribution in [0.1, 0.15) is 28.7 Å². The quantitative estimate of drug-likeness (QED) is 0.864. The van der Waals surface area contributed by atoms with Crippen molar-refractivity contribution < 1.29 is 4.74 Å². The molecule has 3 rings (SSSR count). The predicted octanol–water partition coefficient (Wildman–Crippen LogP) is 1.11. The highest BCUT2D eigenvalue weighted by molar-refractivity contribution is 5.27. The number of fused-ring (bicyclic) bond motifs is 1. The average Bonchev–Trinajstić information content (AvgIpc) is 2.90. The Kier molecular flexibility index (Phi) is 3.15. The van der Waals surface area contributed by atoms with Gasteiger partial charge in [-0.05, 0) is 5.56 Å². The molecule has 1 aliphatic rings. The van der Waals surface area contributed by atoms with Gasteiger partial charge in [0.15, 0.2) is 0 Å². The van der Waals surface area contributed by atoms with Gasteiger partial charge in [0, 0.05) is 20.2 Å². The Morgan fingerprint density at radius 3 is 2.79 bits per heavy atom. The molecule has 1 aromatic carbocycles. The number of nitrogens with one attached hydrogen (secondary N) is 2. The fraction of sp³-hybridized carbons (Fsp3) is 0.286. The lowest BCUT2D eigenvalue weighted by atomic mass is 10.1. The van der Waals surface area contributed by atoms with Gasteiger partial charge in [0.2, 0.25) is 0 Å². The Hall–Kier alpha value is -1.98. The summed E-state index contributed by atoms with van der Waals surface area (Å²) in [6.45, 7) is 1.22. The molecule has 1 aromatic heterocycles. The molecular weight excluding hydrogens is 242 g/mol. The lowest BCUT2D eigenvalue weighted by molar-refractivity contribution is 0.128. The lowest BCUT2D eigenvalue weighted by Crippen LogP contribution is -2.20. The number of aromatic amines is 1. The van der Waals surface area contributed by atoms with Crippen LogP contribution in [0.4, 0.5) is 0 Å². The van der Waals surface area contributed by atoms with Crippen molar-refractivity contribution in [2.75, 3.05) is 7.11 Å². The van der Waals surface area contributed by atoms with Crippen LogP contribution >= 0.6 is 0 Å². The molecular formula is C14H15N3O2. The van der Waals surface area contributed by atoms with Gasteiger partial charge < -0.3 is 15.0 Å². The highest BCUT2D eigenvalue weighted by Crippen LogP contribution is 2.22. The molecule has 0 spiro atoms. The summed E-state index contributed by atoms with van der Waals surface area (Å²) in [5.41, 5.74) is 2.44. The van der Waals surface area contributed by atoms with Crippen LogP contribution in [0.25, 0.3) is 0 Å². The molecule has 0 aliphatic carbocycles. The van der Waals surface area contributed by atoms with E-state index >= 15 is 0 Å². The van der Waals surface area contributed by atoms with Gasteiger partial charge in [0.05, 0.1) is 11.3 Å². The first kappa shape index (κ1) is 12.1. The number of H-pyrrole nitrogens is 1. The van der Waals surface area contributed by atoms with Crippen LogP contribution in [0.3, 0.4) is 0 Å². The number of methoxy groups -OCH3 is 1. The fourth-order valence-electron chi connectivity index (χ4n) is 2.36. The largest absolute Gasteiger partial charge is 0.369 e. The van der Waals surface area contributed by atoms with Crippen LogP contribution in [0.5, 0.6) is 0 Å². The van der Waals surface area contributed by atoms with E-state index in [2.05, 4.69) is 15.3 Å². The summed E-state index contributed by atoms with van der Waals surface area (Å²) in [7, 11) is 1.61. The van der Waals surface area contributed by atoms with Gasteiger partial charge in [0.25, 0.3) is 5.56 Å². The van der Waals surface area contributed by atoms with Crippen molar-refractivity contribution >= 4 is 0 Å². The van der Waals surface area contributed by atoms with Crippen LogP contribution in [0, 0.1) is 0 Å². The molecule has 0 saturated heterocycles. The zero-order valence-corrected chi connectivity index (χ0v) is 10.6. The zero-order chi connectivity index (χ0) is 13.2. The number of hydrogen-bond donors (Lipinski definition) is 2. The maximum Gasteiger partial charge on any atom is 0.255 e. The summed E-state index contributed by atoms with van der Waals surface area (Å²) in [6.07, 6.45) is -0.347. The van der Waals surface area contributed by atoms with Gasteiger partial charge in [-0.2, -0.15) is 0 Å². The van der Waals surface area contributed by atoms with E-state index in [0.717, 1.165) is 16.8 Å². The molecule has 2 N–H and O–H groups in total. The molecule has 0 fully saturated rings. The Labute approximate surface area is 110 Å². The minimum atomic E-state index is -0.347. The van der Waals surface area contributed by atoms with Gasteiger partial charge in [-0.3, -0.25) is 4.79 Å². The van der Waals surface area contributed by atoms with E-state index in [0.29, 0.717) is 18.9 Å². The first-order valence-electron chi connectivity index (χ1n) is 6.20. The first-order chi connectivity index (χ1) is 9.29. The van der Waals surface area contributed by atoms with Gasteiger partial charge >= 0.3 is 0 Å². The zero-order valence-electron chi connectivity index (χ0n) is 10.6. The number of nitrogens with zero attached hydrogens (tertiary/aromatic N) is 1. The molecule has 1 unspecified atom stereocenters. The fourth-order valence-corrected chi connectivity index (χ4v) is 2.36. The van der Waals surface area contributed by atoms with E-state index in [1.807, 2.05) is 30.3 Å². The summed E-state index contributed by atoms with van der Waals surface area (Å²) in [5, 5.41) is 3.13. The van der Waals surface area contributed by atoms with Crippen molar-refractivity contribution in [3.8, 4) is 0 Å². The molecule has 98 valence electrons. The molecule has 0 saturated carbocycles. The highest BCUT2D eigenvalue weighted by Gasteiger charge is 2.21. The second-order valence-electron chi connectivity index (χ2n) is 4.51. The van der Waals surface area contributed by atoms with Gasteiger partial charge in [-0.1, -0.05) is 30.3 Å². The van der Waals surface area contributed by atoms with Gasteiger partial charge in [-0.15, -0.1) is 0 Å². The van der Waals surface area contributed by atoms with Crippen molar-refractivity contribution in [1.29, 1.82) is 0 Å². The average molecular weight is 257 g/mol. The molecule has 2 heterocycles. The molecule has 0 amide bonds. The summed E-state index contributed by atoms with van der Waals surface area (Å²) in [6, 6.07) is 9.74. The molecule has 19 heavy (non-hydrogen) atoms. The summed E-state index contributed by atoms with van der Waals surface area (Å²) in [4.78, 5) is 19.3. The predicted molar refractivity (Wildman–Crippen MR) is 70.7 cm³/mol. The number of aromatic nitrogens is 2. The molecule has 5 heteroatoms. The Balaban J connectivity index is 2.06. The van der Waals surface area contributed by atoms with Gasteiger partial charge in [0.1, 0.15) is 11.9 Å². The van der Waals surface area contributed by atoms with E-state index < -0.39 is 0 Å². The van der Waals surface area contributed by atoms with Crippen molar-refractivity contribution in [2.24, 2.45) is 0 Å². The molecule has 1 atom stereocenters. The summed E-state index contributed by atoms with van der Waals surface area (Å²) in [5.74, 6) is 0.557. The smallest absolute Gasteiger partial charge is 0.255 e. The van der Waals surface area contributed by atoms with Crippen molar-refractivity contribution in [2.45, 2.75) is 19.2 Å². The van der Waals surface area contributed by atoms with Crippen LogP contribution < -0.4 is 10.9 Å². The Morgan fingerprint density at radius 2 is 2.05 bits per heavy atom. The molecule has 0 radical (unpaired) electrons. The molecule has 5 nitrogen and oxygen atoms in total. The monoisotopic (exact) mass is 257 g/mol. The maximum absolute atomic E-state index is 12.0. The van der Waals surface area contributed by atoms with Crippen LogP contribution in [-0.2, 0) is 17.8 Å². The van der Waals surface area contributed by atoms with Crippen LogP contribution in [-0.4, -0.2) is 17.1 Å². The third-order valence-corrected chi connectivity index (χ3v) is 3.30. The second-order valence-corrected chi connectivity index (χ2v) is 4.51. The molecule has 1 aliphatic heterocycles. The van der Waals surface area contributed by atoms with Crippen molar-refractivity contribution in [3.05, 3.63) is 63.3 Å². The highest BCUT2D eigenvalue weighted by atomic mass is 16.5. The summed E-state index contributed by atoms with van der Waals surface area (Å²) >= 11 is 0. The Bertz CT molecular complexity index is 637. The minimum absolute atomic E-state index is 0.0806. The molecule has 0 bridgehead atoms. The maximum atomic E-state index is 12.0. The van der Waals surface area contributed by atoms with Crippen molar-refractivity contribution in [1.82, 2.24) is 15.3 Å². The van der Waals surface area contributed by atoms with Crippen LogP contribution in [0.15, 0.2) is 35.1 Å². The Morgan fingerprint density at radius 1 is 1.26 bits per heavy atom. The molecule has 2 aromatic rings. The van der Waals surface area contributed by atoms with E-state index in [9.17, 15) is 4.79 Å². The van der Waals surface area contributed by atoms with E-state index in [1.54, 1.807) is 7.11 Å². The third kappa shape index (κ3) is 2.18. The second kappa shape index (κ2) is 4.95. The number of benzene rings is 1. The number of hydrogen-bond acceptors (Lipinski definition) is 4. The minimum Gasteiger partial charge on any atom is -0.369 e. The first-order valence-corrected chi connectivity index (χ1v) is 6.20. The number of ether oxygens (including phenoxy) is 1. The van der Waals surface area contributed by atoms with E-state index in [-0.39, 0.29) is 11.7 Å². The normalized spacial score (nSPS) is 15.2. The summed E-state index contributed by atoms with van der Waals surface area (Å²) < 4.78 is 5.48. The topological polar surface area (TPSA) is 67.0 Å². The van der Waals surface area contributed by atoms with Crippen molar-refractivity contribution in [3.63, 3.8) is 0 Å². The van der Waals surface area contributed by atoms with E-state index in [1.165, 1.54) is 0 Å². The van der Waals surface area contributed by atoms with Crippen LogP contribution in [0.2, 0.25) is 0 Å². The lowest BCUT2D eigenvalue weighted by Gasteiger charge is -2.15. The SMILES string of the molecule is COC(c1ccccc1)c1nc2c(c(=O)[nH]1)CNC2. The van der Waals surface area contributed by atoms with E-state index in [4.69, 9.17) is 4.74 Å². The standard InChI is InChI=1S/C14H15N3O2/c1-19-12(9-5-3-2-4-6-9)13-16-11-8-15-7-10(11)14(18)17-13/h2-6,12,15H,7-8H2,1H3,(H,16,17,18). The number of rotatable bonds is 3. The van der Waals surface area contributed by atoms with Gasteiger partial charge in [-0.25, -0.2) is 4.98 Å². The third-order valence-electron chi connectivity index (χ3n) is 3.30.